The van der Waals surface area contributed by atoms with Crippen molar-refractivity contribution >= 4 is 66.7 Å². The van der Waals surface area contributed by atoms with E-state index in [-0.39, 0.29) is 35.6 Å². The highest BCUT2D eigenvalue weighted by Gasteiger charge is 2.33. The maximum Gasteiger partial charge on any atom is 0.244 e. The molecule has 0 aliphatic rings. The van der Waals surface area contributed by atoms with Crippen LogP contribution < -0.4 is 9.62 Å². The van der Waals surface area contributed by atoms with Crippen molar-refractivity contribution in [1.29, 1.82) is 0 Å². The highest BCUT2D eigenvalue weighted by atomic mass is 79.9. The van der Waals surface area contributed by atoms with E-state index in [0.717, 1.165) is 26.2 Å². The summed E-state index contributed by atoms with van der Waals surface area (Å²) in [6, 6.07) is 20.1. The molecule has 1 N–H and O–H groups in total. The minimum absolute atomic E-state index is 0.0838. The highest BCUT2D eigenvalue weighted by molar-refractivity contribution is 9.10. The lowest BCUT2D eigenvalue weighted by Crippen LogP contribution is -2.54. The lowest BCUT2D eigenvalue weighted by molar-refractivity contribution is -0.140. The van der Waals surface area contributed by atoms with Crippen LogP contribution in [0.2, 0.25) is 10.0 Å². The quantitative estimate of drug-likeness (QED) is 0.254. The van der Waals surface area contributed by atoms with E-state index in [1.54, 1.807) is 0 Å². The average molecular weight is 669 g/mol. The lowest BCUT2D eigenvalue weighted by Gasteiger charge is -2.34. The van der Waals surface area contributed by atoms with Gasteiger partial charge in [0, 0.05) is 28.5 Å². The van der Waals surface area contributed by atoms with Gasteiger partial charge in [-0.15, -0.1) is 0 Å². The van der Waals surface area contributed by atoms with Crippen LogP contribution in [0, 0.1) is 0 Å². The summed E-state index contributed by atoms with van der Waals surface area (Å²) in [6.07, 6.45) is 1.95. The van der Waals surface area contributed by atoms with Gasteiger partial charge in [-0.1, -0.05) is 88.5 Å². The van der Waals surface area contributed by atoms with Crippen molar-refractivity contribution in [2.45, 2.75) is 45.3 Å². The van der Waals surface area contributed by atoms with E-state index in [1.165, 1.54) is 23.1 Å². The monoisotopic (exact) mass is 667 g/mol. The van der Waals surface area contributed by atoms with Crippen LogP contribution in [0.4, 0.5) is 5.69 Å². The third-order valence-corrected chi connectivity index (χ3v) is 8.59. The number of hydrogen-bond donors (Lipinski definition) is 1. The second-order valence-corrected chi connectivity index (χ2v) is 13.2. The summed E-state index contributed by atoms with van der Waals surface area (Å²) >= 11 is 15.8. The van der Waals surface area contributed by atoms with Gasteiger partial charge in [-0.05, 0) is 54.8 Å². The van der Waals surface area contributed by atoms with Crippen molar-refractivity contribution in [1.82, 2.24) is 10.2 Å². The number of benzene rings is 3. The zero-order valence-corrected chi connectivity index (χ0v) is 26.4. The van der Waals surface area contributed by atoms with Gasteiger partial charge >= 0.3 is 0 Å². The molecule has 0 heterocycles. The Hall–Kier alpha value is -2.59. The molecule has 40 heavy (non-hydrogen) atoms. The van der Waals surface area contributed by atoms with Crippen LogP contribution in [0.1, 0.15) is 31.4 Å². The van der Waals surface area contributed by atoms with E-state index in [2.05, 4.69) is 21.2 Å². The van der Waals surface area contributed by atoms with E-state index >= 15 is 0 Å². The second kappa shape index (κ2) is 14.3. The first-order valence-electron chi connectivity index (χ1n) is 12.7. The van der Waals surface area contributed by atoms with Crippen LogP contribution in [0.15, 0.2) is 77.3 Å². The molecule has 0 saturated heterocycles. The summed E-state index contributed by atoms with van der Waals surface area (Å²) in [5.74, 6) is -0.876. The molecule has 3 aromatic rings. The van der Waals surface area contributed by atoms with E-state index in [1.807, 2.05) is 68.4 Å². The summed E-state index contributed by atoms with van der Waals surface area (Å²) in [6.45, 7) is 3.39. The summed E-state index contributed by atoms with van der Waals surface area (Å²) in [5, 5.41) is 3.42. The molecule has 0 aromatic heterocycles. The number of carbonyl (C=O) groups is 2. The first-order chi connectivity index (χ1) is 18.9. The number of anilines is 1. The fourth-order valence-electron chi connectivity index (χ4n) is 4.06. The lowest BCUT2D eigenvalue weighted by atomic mass is 10.0. The van der Waals surface area contributed by atoms with Crippen molar-refractivity contribution in [3.8, 4) is 0 Å². The SMILES string of the molecule is CCC(C)NC(=O)C(Cc1ccccc1)N(Cc1ccc(Br)cc1)C(=O)CN(c1ccc(Cl)cc1Cl)S(C)(=O)=O. The first kappa shape index (κ1) is 31.9. The molecule has 0 aliphatic heterocycles. The van der Waals surface area contributed by atoms with Crippen LogP contribution in [0.3, 0.4) is 0 Å². The average Bonchev–Trinajstić information content (AvgIpc) is 2.90. The highest BCUT2D eigenvalue weighted by Crippen LogP contribution is 2.30. The zero-order chi connectivity index (χ0) is 29.4. The molecule has 2 atom stereocenters. The Morgan fingerprint density at radius 3 is 2.20 bits per heavy atom. The van der Waals surface area contributed by atoms with Gasteiger partial charge in [-0.3, -0.25) is 13.9 Å². The van der Waals surface area contributed by atoms with E-state index in [4.69, 9.17) is 23.2 Å². The molecule has 2 amide bonds. The van der Waals surface area contributed by atoms with Gasteiger partial charge in [0.25, 0.3) is 0 Å². The minimum atomic E-state index is -3.94. The number of hydrogen-bond acceptors (Lipinski definition) is 4. The predicted octanol–water partition coefficient (Wildman–Crippen LogP) is 6.08. The third-order valence-electron chi connectivity index (χ3n) is 6.40. The maximum atomic E-state index is 14.1. The van der Waals surface area contributed by atoms with Crippen LogP contribution in [-0.2, 0) is 32.6 Å². The molecule has 7 nitrogen and oxygen atoms in total. The molecule has 0 spiro atoms. The maximum absolute atomic E-state index is 14.1. The number of nitrogens with one attached hydrogen (secondary N) is 1. The van der Waals surface area contributed by atoms with Crippen molar-refractivity contribution in [2.75, 3.05) is 17.1 Å². The fraction of sp³-hybridized carbons (Fsp3) is 0.310. The molecule has 2 unspecified atom stereocenters. The normalized spacial score (nSPS) is 12.8. The summed E-state index contributed by atoms with van der Waals surface area (Å²) < 4.78 is 27.6. The molecular weight excluding hydrogens is 637 g/mol. The number of amides is 2. The number of nitrogens with zero attached hydrogens (tertiary/aromatic N) is 2. The molecule has 11 heteroatoms. The molecule has 3 aromatic carbocycles. The van der Waals surface area contributed by atoms with Gasteiger partial charge in [-0.25, -0.2) is 8.42 Å². The first-order valence-corrected chi connectivity index (χ1v) is 16.1. The van der Waals surface area contributed by atoms with Gasteiger partial charge in [0.2, 0.25) is 21.8 Å². The van der Waals surface area contributed by atoms with Crippen LogP contribution >= 0.6 is 39.1 Å². The third kappa shape index (κ3) is 8.96. The van der Waals surface area contributed by atoms with E-state index < -0.39 is 28.5 Å². The predicted molar refractivity (Wildman–Crippen MR) is 165 cm³/mol. The Labute approximate surface area is 254 Å². The van der Waals surface area contributed by atoms with Crippen LogP contribution in [0.5, 0.6) is 0 Å². The Balaban J connectivity index is 2.07. The summed E-state index contributed by atoms with van der Waals surface area (Å²) in [7, 11) is -3.94. The number of carbonyl (C=O) groups excluding carboxylic acids is 2. The van der Waals surface area contributed by atoms with Crippen molar-refractivity contribution < 1.29 is 18.0 Å². The van der Waals surface area contributed by atoms with E-state index in [9.17, 15) is 18.0 Å². The minimum Gasteiger partial charge on any atom is -0.352 e. The molecule has 0 saturated carbocycles. The number of rotatable bonds is 12. The van der Waals surface area contributed by atoms with Crippen LogP contribution in [0.25, 0.3) is 0 Å². The molecule has 0 fully saturated rings. The molecular formula is C29H32BrCl2N3O4S. The smallest absolute Gasteiger partial charge is 0.244 e. The standard InChI is InChI=1S/C29H32BrCl2N3O4S/c1-4-20(2)33-29(37)27(16-21-8-6-5-7-9-21)34(18-22-10-12-23(30)13-11-22)28(36)19-35(40(3,38)39)26-15-14-24(31)17-25(26)32/h5-15,17,20,27H,4,16,18-19H2,1-3H3,(H,33,37). The summed E-state index contributed by atoms with van der Waals surface area (Å²) in [4.78, 5) is 29.2. The zero-order valence-electron chi connectivity index (χ0n) is 22.5. The number of sulfonamides is 1. The molecule has 0 bridgehead atoms. The topological polar surface area (TPSA) is 86.8 Å². The Morgan fingerprint density at radius 1 is 0.975 bits per heavy atom. The molecule has 0 aliphatic carbocycles. The number of halogens is 3. The molecule has 0 radical (unpaired) electrons. The molecule has 3 rings (SSSR count). The molecule has 214 valence electrons. The van der Waals surface area contributed by atoms with Gasteiger partial charge in [-0.2, -0.15) is 0 Å². The summed E-state index contributed by atoms with van der Waals surface area (Å²) in [5.41, 5.74) is 1.76. The Morgan fingerprint density at radius 2 is 1.62 bits per heavy atom. The largest absolute Gasteiger partial charge is 0.352 e. The Kier molecular flexibility index (Phi) is 11.5. The van der Waals surface area contributed by atoms with E-state index in [0.29, 0.717) is 11.4 Å². The van der Waals surface area contributed by atoms with Crippen molar-refractivity contribution in [3.63, 3.8) is 0 Å². The van der Waals surface area contributed by atoms with Gasteiger partial charge in [0.15, 0.2) is 0 Å². The van der Waals surface area contributed by atoms with Gasteiger partial charge in [0.05, 0.1) is 17.0 Å². The van der Waals surface area contributed by atoms with Crippen molar-refractivity contribution in [3.05, 3.63) is 98.4 Å². The fourth-order valence-corrected chi connectivity index (χ4v) is 5.75. The van der Waals surface area contributed by atoms with Gasteiger partial charge in [0.1, 0.15) is 12.6 Å². The second-order valence-electron chi connectivity index (χ2n) is 9.54. The van der Waals surface area contributed by atoms with Crippen molar-refractivity contribution in [2.24, 2.45) is 0 Å². The van der Waals surface area contributed by atoms with Crippen LogP contribution in [-0.4, -0.2) is 50.0 Å². The van der Waals surface area contributed by atoms with Gasteiger partial charge < -0.3 is 10.2 Å². The Bertz CT molecular complexity index is 1420.